The summed E-state index contributed by atoms with van der Waals surface area (Å²) in [6.07, 6.45) is -36.3. The highest BCUT2D eigenvalue weighted by Gasteiger charge is 3.10. The van der Waals surface area contributed by atoms with Crippen molar-refractivity contribution < 1.29 is 154 Å². The Hall–Kier alpha value is -3.10. The molecular formula is C20F34O. The van der Waals surface area contributed by atoms with Crippen LogP contribution < -0.4 is 0 Å². The number of rotatable bonds is 4. The molecule has 0 amide bonds. The van der Waals surface area contributed by atoms with Crippen LogP contribution >= 0.6 is 0 Å². The van der Waals surface area contributed by atoms with Gasteiger partial charge < -0.3 is 4.74 Å². The monoisotopic (exact) mass is 902 g/mol. The Bertz CT molecular complexity index is 1420. The van der Waals surface area contributed by atoms with Crippen LogP contribution in [0.1, 0.15) is 0 Å². The maximum Gasteiger partial charge on any atom is 0.432 e. The van der Waals surface area contributed by atoms with Crippen molar-refractivity contribution in [2.45, 2.75) is 94.3 Å². The third kappa shape index (κ3) is 4.48. The molecule has 2 aliphatic carbocycles. The van der Waals surface area contributed by atoms with Gasteiger partial charge in [0.05, 0.1) is 0 Å². The summed E-state index contributed by atoms with van der Waals surface area (Å²) in [5.74, 6) is -68.0. The smallest absolute Gasteiger partial charge is 0.400 e. The number of alkyl halides is 30. The molecule has 0 aliphatic heterocycles. The van der Waals surface area contributed by atoms with Crippen LogP contribution in [0.25, 0.3) is 0 Å². The summed E-state index contributed by atoms with van der Waals surface area (Å²) in [7, 11) is 0. The van der Waals surface area contributed by atoms with Crippen molar-refractivity contribution in [1.82, 2.24) is 0 Å². The normalized spacial score (nSPS) is 39.5. The maximum absolute atomic E-state index is 15.3. The molecule has 0 aromatic carbocycles. The number of allylic oxidation sites excluding steroid dienone is 2. The first-order chi connectivity index (χ1) is 23.4. The lowest BCUT2D eigenvalue weighted by molar-refractivity contribution is -0.500. The van der Waals surface area contributed by atoms with Crippen LogP contribution in [0.4, 0.5) is 149 Å². The summed E-state index contributed by atoms with van der Waals surface area (Å²) in [5.41, 5.74) is -57.3. The van der Waals surface area contributed by atoms with Gasteiger partial charge in [-0.2, -0.15) is 114 Å². The molecule has 0 heterocycles. The summed E-state index contributed by atoms with van der Waals surface area (Å²) in [6.45, 7) is 0. The third-order valence-corrected chi connectivity index (χ3v) is 7.90. The zero-order valence-corrected chi connectivity index (χ0v) is 23.3. The van der Waals surface area contributed by atoms with Crippen molar-refractivity contribution in [3.05, 3.63) is 23.7 Å². The molecule has 0 aromatic rings. The van der Waals surface area contributed by atoms with Crippen LogP contribution in [0.5, 0.6) is 0 Å². The number of ether oxygens (including phenoxy) is 1. The standard InChI is InChI=1S/C20F34O/c21-1(5(25)7(27,17(43,44)45)11(31,32)15(39,40)12(33,34)8(5,28)18(46,47)48)3(23)55-4(24)2(22)6(26)9(29,19(49,50)51)13(35,36)16(41,42)14(37,38)10(6,30)20(52,53)54. The van der Waals surface area contributed by atoms with E-state index >= 15 is 8.78 Å². The lowest BCUT2D eigenvalue weighted by Crippen LogP contribution is -2.91. The Labute approximate surface area is 273 Å². The molecule has 0 spiro atoms. The molecule has 2 aliphatic rings. The van der Waals surface area contributed by atoms with E-state index < -0.39 is 118 Å². The molecule has 55 heavy (non-hydrogen) atoms. The second-order valence-electron chi connectivity index (χ2n) is 10.7. The molecule has 0 saturated heterocycles. The van der Waals surface area contributed by atoms with Gasteiger partial charge in [-0.25, -0.2) is 35.1 Å². The van der Waals surface area contributed by atoms with Crippen molar-refractivity contribution in [1.29, 1.82) is 0 Å². The average molecular weight is 902 g/mol. The highest BCUT2D eigenvalue weighted by atomic mass is 19.4. The Kier molecular flexibility index (Phi) is 9.87. The minimum atomic E-state index is -9.57. The zero-order chi connectivity index (χ0) is 45.0. The van der Waals surface area contributed by atoms with Gasteiger partial charge >= 0.3 is 94.9 Å². The molecule has 4 unspecified atom stereocenters. The molecule has 0 N–H and O–H groups in total. The van der Waals surface area contributed by atoms with Crippen LogP contribution in [0.15, 0.2) is 23.7 Å². The van der Waals surface area contributed by atoms with Gasteiger partial charge in [0, 0.05) is 0 Å². The molecule has 1 nitrogen and oxygen atoms in total. The SMILES string of the molecule is FC(OC(F)=C(F)C1(F)C(F)(C(F)(F)F)C(F)(F)C(F)(F)C(F)(F)C1(F)C(F)(F)F)=C(F)C1(F)C(F)(C(F)(F)F)C(F)(F)C(F)(F)C(F)(F)C1(F)C(F)(F)F. The quantitative estimate of drug-likeness (QED) is 0.202. The molecular weight excluding hydrogens is 902 g/mol. The van der Waals surface area contributed by atoms with Gasteiger partial charge in [0.2, 0.25) is 11.7 Å². The fraction of sp³-hybridized carbons (Fsp3) is 0.800. The van der Waals surface area contributed by atoms with E-state index in [2.05, 4.69) is 0 Å². The van der Waals surface area contributed by atoms with Gasteiger partial charge in [0.25, 0.3) is 11.3 Å². The van der Waals surface area contributed by atoms with E-state index in [-0.39, 0.29) is 0 Å². The third-order valence-electron chi connectivity index (χ3n) is 7.90. The second-order valence-corrected chi connectivity index (χ2v) is 10.7. The van der Waals surface area contributed by atoms with E-state index in [0.717, 1.165) is 0 Å². The Balaban J connectivity index is 3.36. The predicted octanol–water partition coefficient (Wildman–Crippen LogP) is 11.6. The van der Waals surface area contributed by atoms with E-state index in [1.54, 1.807) is 0 Å². The molecule has 0 bridgehead atoms. The van der Waals surface area contributed by atoms with Crippen LogP contribution in [0.2, 0.25) is 0 Å². The van der Waals surface area contributed by atoms with Crippen LogP contribution in [0, 0.1) is 0 Å². The first-order valence-corrected chi connectivity index (χ1v) is 11.8. The molecule has 0 radical (unpaired) electrons. The molecule has 0 aromatic heterocycles. The van der Waals surface area contributed by atoms with E-state index in [1.807, 2.05) is 0 Å². The minimum Gasteiger partial charge on any atom is -0.400 e. The predicted molar refractivity (Wildman–Crippen MR) is 96.5 cm³/mol. The first kappa shape index (κ1) is 48.0. The fourth-order valence-electron chi connectivity index (χ4n) is 5.14. The molecule has 2 rings (SSSR count). The molecule has 35 heteroatoms. The minimum absolute atomic E-state index is 1.52. The van der Waals surface area contributed by atoms with Crippen molar-refractivity contribution >= 4 is 0 Å². The van der Waals surface area contributed by atoms with Crippen molar-refractivity contribution in [3.8, 4) is 0 Å². The van der Waals surface area contributed by atoms with Crippen LogP contribution in [0.3, 0.4) is 0 Å². The second kappa shape index (κ2) is 11.3. The average Bonchev–Trinajstić information content (AvgIpc) is 2.97. The summed E-state index contributed by atoms with van der Waals surface area (Å²) in [6, 6.07) is -11.9. The van der Waals surface area contributed by atoms with E-state index in [0.29, 0.717) is 0 Å². The Morgan fingerprint density at radius 3 is 0.545 bits per heavy atom. The maximum atomic E-state index is 15.3. The molecule has 2 saturated carbocycles. The van der Waals surface area contributed by atoms with Crippen molar-refractivity contribution in [2.75, 3.05) is 0 Å². The largest absolute Gasteiger partial charge is 0.432 e. The van der Waals surface area contributed by atoms with Crippen LogP contribution in [-0.4, -0.2) is 94.3 Å². The van der Waals surface area contributed by atoms with Gasteiger partial charge in [-0.3, -0.25) is 0 Å². The number of hydrogen-bond acceptors (Lipinski definition) is 1. The first-order valence-electron chi connectivity index (χ1n) is 11.8. The molecule has 2 fully saturated rings. The summed E-state index contributed by atoms with van der Waals surface area (Å²) in [5, 5.41) is 0. The highest BCUT2D eigenvalue weighted by molar-refractivity contribution is 5.45. The summed E-state index contributed by atoms with van der Waals surface area (Å²) < 4.78 is 476. The van der Waals surface area contributed by atoms with Gasteiger partial charge in [-0.05, 0) is 0 Å². The zero-order valence-electron chi connectivity index (χ0n) is 23.3. The van der Waals surface area contributed by atoms with Gasteiger partial charge in [0.1, 0.15) is 0 Å². The Morgan fingerprint density at radius 2 is 0.418 bits per heavy atom. The number of hydrogen-bond donors (Lipinski definition) is 0. The lowest BCUT2D eigenvalue weighted by Gasteiger charge is -2.57. The van der Waals surface area contributed by atoms with Gasteiger partial charge in [0.15, 0.2) is 0 Å². The van der Waals surface area contributed by atoms with E-state index in [9.17, 15) is 140 Å². The fourth-order valence-corrected chi connectivity index (χ4v) is 5.14. The summed E-state index contributed by atoms with van der Waals surface area (Å²) >= 11 is 0. The van der Waals surface area contributed by atoms with Gasteiger partial charge in [-0.15, -0.1) is 0 Å². The number of halogens is 34. The van der Waals surface area contributed by atoms with Crippen LogP contribution in [-0.2, 0) is 4.74 Å². The lowest BCUT2D eigenvalue weighted by atomic mass is 9.58. The topological polar surface area (TPSA) is 9.23 Å². The van der Waals surface area contributed by atoms with E-state index in [1.165, 1.54) is 4.74 Å². The van der Waals surface area contributed by atoms with E-state index in [4.69, 9.17) is 0 Å². The van der Waals surface area contributed by atoms with Crippen molar-refractivity contribution in [2.24, 2.45) is 0 Å². The van der Waals surface area contributed by atoms with Crippen molar-refractivity contribution in [3.63, 3.8) is 0 Å². The highest BCUT2D eigenvalue weighted by Crippen LogP contribution is 2.78. The summed E-state index contributed by atoms with van der Waals surface area (Å²) in [4.78, 5) is 0. The Morgan fingerprint density at radius 1 is 0.273 bits per heavy atom. The molecule has 324 valence electrons. The van der Waals surface area contributed by atoms with Gasteiger partial charge in [-0.1, -0.05) is 0 Å². The molecule has 4 atom stereocenters.